The molecule has 0 amide bonds. The Morgan fingerprint density at radius 1 is 1.45 bits per heavy atom. The second-order valence-corrected chi connectivity index (χ2v) is 4.85. The average Bonchev–Trinajstić information content (AvgIpc) is 2.42. The van der Waals surface area contributed by atoms with E-state index in [9.17, 15) is 15.2 Å². The first-order valence-corrected chi connectivity index (χ1v) is 6.50. The molecule has 2 rings (SSSR count). The Morgan fingerprint density at radius 3 is 2.65 bits per heavy atom. The molecule has 0 spiro atoms. The average molecular weight is 322 g/mol. The van der Waals surface area contributed by atoms with Crippen LogP contribution >= 0.6 is 24.0 Å². The quantitative estimate of drug-likeness (QED) is 0.650. The fourth-order valence-corrected chi connectivity index (χ4v) is 2.55. The van der Waals surface area contributed by atoms with E-state index in [2.05, 4.69) is 10.2 Å². The maximum atomic E-state index is 10.8. The molecule has 1 aromatic rings. The molecule has 1 aliphatic rings. The summed E-state index contributed by atoms with van der Waals surface area (Å²) in [5.74, 6) is 0. The summed E-state index contributed by atoms with van der Waals surface area (Å²) in [4.78, 5) is 12.5. The summed E-state index contributed by atoms with van der Waals surface area (Å²) in [5.41, 5.74) is 0.605. The molecule has 1 fully saturated rings. The molecular formula is C12H17Cl2N3O3. The van der Waals surface area contributed by atoms with Gasteiger partial charge in [0.1, 0.15) is 0 Å². The maximum absolute atomic E-state index is 10.8. The van der Waals surface area contributed by atoms with E-state index in [4.69, 9.17) is 11.6 Å². The van der Waals surface area contributed by atoms with E-state index in [0.29, 0.717) is 10.6 Å². The summed E-state index contributed by atoms with van der Waals surface area (Å²) in [6.45, 7) is 3.13. The van der Waals surface area contributed by atoms with Crippen molar-refractivity contribution in [3.8, 4) is 0 Å². The third kappa shape index (κ3) is 3.80. The highest BCUT2D eigenvalue weighted by molar-refractivity contribution is 6.31. The van der Waals surface area contributed by atoms with Crippen molar-refractivity contribution in [3.05, 3.63) is 38.9 Å². The number of piperazine rings is 1. The van der Waals surface area contributed by atoms with Gasteiger partial charge in [0.25, 0.3) is 5.69 Å². The number of aliphatic hydroxyl groups excluding tert-OH is 1. The van der Waals surface area contributed by atoms with Crippen molar-refractivity contribution in [1.29, 1.82) is 0 Å². The molecule has 0 saturated carbocycles. The topological polar surface area (TPSA) is 78.6 Å². The van der Waals surface area contributed by atoms with Crippen LogP contribution in [0.3, 0.4) is 0 Å². The van der Waals surface area contributed by atoms with E-state index >= 15 is 0 Å². The number of aliphatic hydroxyl groups is 1. The molecule has 6 nitrogen and oxygen atoms in total. The highest BCUT2D eigenvalue weighted by atomic mass is 35.5. The summed E-state index contributed by atoms with van der Waals surface area (Å²) in [7, 11) is 0. The summed E-state index contributed by atoms with van der Waals surface area (Å²) < 4.78 is 0. The van der Waals surface area contributed by atoms with Gasteiger partial charge in [-0.05, 0) is 11.6 Å². The van der Waals surface area contributed by atoms with Crippen molar-refractivity contribution in [2.45, 2.75) is 6.04 Å². The van der Waals surface area contributed by atoms with Gasteiger partial charge in [-0.2, -0.15) is 0 Å². The minimum atomic E-state index is -0.452. The van der Waals surface area contributed by atoms with Crippen molar-refractivity contribution >= 4 is 29.7 Å². The lowest BCUT2D eigenvalue weighted by Gasteiger charge is -2.34. The van der Waals surface area contributed by atoms with Crippen molar-refractivity contribution < 1.29 is 10.0 Å². The minimum absolute atomic E-state index is 0. The van der Waals surface area contributed by atoms with Crippen molar-refractivity contribution in [2.24, 2.45) is 0 Å². The van der Waals surface area contributed by atoms with Crippen LogP contribution in [0.15, 0.2) is 18.2 Å². The summed E-state index contributed by atoms with van der Waals surface area (Å²) in [6, 6.07) is 4.04. The Hall–Kier alpha value is -0.920. The molecule has 0 aromatic heterocycles. The molecule has 8 heteroatoms. The maximum Gasteiger partial charge on any atom is 0.269 e. The monoisotopic (exact) mass is 321 g/mol. The first-order valence-electron chi connectivity index (χ1n) is 6.13. The van der Waals surface area contributed by atoms with Gasteiger partial charge in [0.2, 0.25) is 0 Å². The lowest BCUT2D eigenvalue weighted by atomic mass is 10.0. The molecule has 20 heavy (non-hydrogen) atoms. The predicted molar refractivity (Wildman–Crippen MR) is 79.6 cm³/mol. The minimum Gasteiger partial charge on any atom is -0.394 e. The van der Waals surface area contributed by atoms with Crippen LogP contribution in [0.5, 0.6) is 0 Å². The highest BCUT2D eigenvalue weighted by Crippen LogP contribution is 2.30. The number of benzene rings is 1. The lowest BCUT2D eigenvalue weighted by Crippen LogP contribution is -2.46. The molecule has 1 aromatic carbocycles. The van der Waals surface area contributed by atoms with E-state index < -0.39 is 4.92 Å². The number of hydrogen-bond acceptors (Lipinski definition) is 5. The summed E-state index contributed by atoms with van der Waals surface area (Å²) in [6.07, 6.45) is 0. The van der Waals surface area contributed by atoms with Crippen LogP contribution in [0.25, 0.3) is 0 Å². The molecule has 0 aliphatic carbocycles. The van der Waals surface area contributed by atoms with Gasteiger partial charge in [-0.3, -0.25) is 15.0 Å². The molecule has 112 valence electrons. The van der Waals surface area contributed by atoms with E-state index in [1.54, 1.807) is 0 Å². The standard InChI is InChI=1S/C12H16ClN3O3.ClH/c13-11-2-1-9(16(18)19)7-10(11)12(8-17)15-5-3-14-4-6-15;/h1-2,7,12,14,17H,3-6,8H2;1H/t12-;/m0./s1. The van der Waals surface area contributed by atoms with Gasteiger partial charge in [0, 0.05) is 43.3 Å². The number of rotatable bonds is 4. The molecule has 1 saturated heterocycles. The number of halogens is 2. The fourth-order valence-electron chi connectivity index (χ4n) is 2.30. The fraction of sp³-hybridized carbons (Fsp3) is 0.500. The van der Waals surface area contributed by atoms with Crippen LogP contribution in [0, 0.1) is 10.1 Å². The zero-order valence-corrected chi connectivity index (χ0v) is 12.4. The van der Waals surface area contributed by atoms with Crippen molar-refractivity contribution in [2.75, 3.05) is 32.8 Å². The number of hydrogen-bond donors (Lipinski definition) is 2. The van der Waals surface area contributed by atoms with Gasteiger partial charge in [0.05, 0.1) is 17.6 Å². The summed E-state index contributed by atoms with van der Waals surface area (Å²) >= 11 is 6.12. The van der Waals surface area contributed by atoms with E-state index in [-0.39, 0.29) is 30.7 Å². The van der Waals surface area contributed by atoms with Crippen LogP contribution in [0.4, 0.5) is 5.69 Å². The smallest absolute Gasteiger partial charge is 0.269 e. The Morgan fingerprint density at radius 2 is 2.10 bits per heavy atom. The third-order valence-electron chi connectivity index (χ3n) is 3.31. The number of nitro benzene ring substituents is 1. The largest absolute Gasteiger partial charge is 0.394 e. The highest BCUT2D eigenvalue weighted by Gasteiger charge is 2.25. The van der Waals surface area contributed by atoms with Crippen LogP contribution in [-0.4, -0.2) is 47.7 Å². The first-order chi connectivity index (χ1) is 9.13. The van der Waals surface area contributed by atoms with Gasteiger partial charge in [-0.1, -0.05) is 11.6 Å². The van der Waals surface area contributed by atoms with Crippen molar-refractivity contribution in [3.63, 3.8) is 0 Å². The van der Waals surface area contributed by atoms with E-state index in [0.717, 1.165) is 26.2 Å². The van der Waals surface area contributed by atoms with Gasteiger partial charge in [0.15, 0.2) is 0 Å². The van der Waals surface area contributed by atoms with Gasteiger partial charge < -0.3 is 10.4 Å². The Balaban J connectivity index is 0.00000200. The van der Waals surface area contributed by atoms with Gasteiger partial charge >= 0.3 is 0 Å². The van der Waals surface area contributed by atoms with Crippen molar-refractivity contribution in [1.82, 2.24) is 10.2 Å². The second-order valence-electron chi connectivity index (χ2n) is 4.45. The van der Waals surface area contributed by atoms with Crippen LogP contribution in [0.1, 0.15) is 11.6 Å². The Kier molecular flexibility index (Phi) is 6.64. The molecule has 1 heterocycles. The first kappa shape index (κ1) is 17.1. The van der Waals surface area contributed by atoms with E-state index in [1.165, 1.54) is 18.2 Å². The van der Waals surface area contributed by atoms with Gasteiger partial charge in [-0.15, -0.1) is 12.4 Å². The number of nitrogens with zero attached hydrogens (tertiary/aromatic N) is 2. The molecule has 0 bridgehead atoms. The van der Waals surface area contributed by atoms with Crippen LogP contribution in [-0.2, 0) is 0 Å². The lowest BCUT2D eigenvalue weighted by molar-refractivity contribution is -0.385. The SMILES string of the molecule is Cl.O=[N+]([O-])c1ccc(Cl)c([C@H](CO)N2CCNCC2)c1. The van der Waals surface area contributed by atoms with E-state index in [1.807, 2.05) is 0 Å². The zero-order chi connectivity index (χ0) is 13.8. The van der Waals surface area contributed by atoms with Crippen LogP contribution in [0.2, 0.25) is 5.02 Å². The molecular weight excluding hydrogens is 305 g/mol. The Bertz CT molecular complexity index is 467. The molecule has 0 radical (unpaired) electrons. The molecule has 1 atom stereocenters. The van der Waals surface area contributed by atoms with Crippen LogP contribution < -0.4 is 5.32 Å². The normalized spacial score (nSPS) is 17.3. The summed E-state index contributed by atoms with van der Waals surface area (Å²) in [5, 5.41) is 24.1. The second kappa shape index (κ2) is 7.75. The number of nitro groups is 1. The zero-order valence-electron chi connectivity index (χ0n) is 10.8. The Labute approximate surface area is 128 Å². The predicted octanol–water partition coefficient (Wildman–Crippen LogP) is 1.61. The number of nitrogens with one attached hydrogen (secondary N) is 1. The number of non-ortho nitro benzene ring substituents is 1. The molecule has 1 aliphatic heterocycles. The molecule has 2 N–H and O–H groups in total. The van der Waals surface area contributed by atoms with Gasteiger partial charge in [-0.25, -0.2) is 0 Å². The third-order valence-corrected chi connectivity index (χ3v) is 3.66. The molecule has 0 unspecified atom stereocenters.